The molecule has 0 spiro atoms. The third-order valence-corrected chi connectivity index (χ3v) is 6.10. The number of carbonyl (C=O) groups excluding carboxylic acids is 1. The van der Waals surface area contributed by atoms with Gasteiger partial charge in [-0.25, -0.2) is 9.00 Å². The molecule has 0 saturated carbocycles. The van der Waals surface area contributed by atoms with Gasteiger partial charge in [0.05, 0.1) is 40.4 Å². The minimum absolute atomic E-state index is 0.0420. The van der Waals surface area contributed by atoms with Crippen molar-refractivity contribution in [2.45, 2.75) is 23.5 Å². The van der Waals surface area contributed by atoms with E-state index in [1.165, 1.54) is 13.2 Å². The highest BCUT2D eigenvalue weighted by Gasteiger charge is 2.42. The summed E-state index contributed by atoms with van der Waals surface area (Å²) in [5, 5.41) is 3.86. The van der Waals surface area contributed by atoms with Gasteiger partial charge in [-0.3, -0.25) is 0 Å². The molecule has 0 aliphatic carbocycles. The van der Waals surface area contributed by atoms with Crippen molar-refractivity contribution in [2.75, 3.05) is 19.0 Å². The lowest BCUT2D eigenvalue weighted by atomic mass is 9.81. The molecule has 27 heavy (non-hydrogen) atoms. The first-order valence-electron chi connectivity index (χ1n) is 8.50. The second-order valence-corrected chi connectivity index (χ2v) is 7.97. The molecule has 1 saturated heterocycles. The zero-order valence-corrected chi connectivity index (χ0v) is 16.0. The van der Waals surface area contributed by atoms with E-state index in [0.717, 1.165) is 23.2 Å². The Labute approximate surface area is 164 Å². The molecule has 4 atom stereocenters. The number of carbonyl (C=O) groups is 1. The van der Waals surface area contributed by atoms with Gasteiger partial charge in [0.1, 0.15) is 0 Å². The van der Waals surface area contributed by atoms with E-state index in [0.29, 0.717) is 17.2 Å². The van der Waals surface area contributed by atoms with Crippen molar-refractivity contribution in [2.24, 2.45) is 5.92 Å². The van der Waals surface area contributed by atoms with Crippen molar-refractivity contribution in [1.82, 2.24) is 0 Å². The Hall–Kier alpha value is -1.93. The first-order valence-corrected chi connectivity index (χ1v) is 9.98. The maximum absolute atomic E-state index is 11.7. The van der Waals surface area contributed by atoms with Crippen molar-refractivity contribution < 1.29 is 23.0 Å². The van der Waals surface area contributed by atoms with E-state index in [2.05, 4.69) is 5.32 Å². The number of benzene rings is 2. The Balaban J connectivity index is 1.73. The molecule has 8 heteroatoms. The lowest BCUT2D eigenvalue weighted by Crippen LogP contribution is -2.29. The normalized spacial score (nSPS) is 24.5. The van der Waals surface area contributed by atoms with E-state index in [1.807, 2.05) is 12.1 Å². The summed E-state index contributed by atoms with van der Waals surface area (Å²) in [5.74, 6) is -0.224. The number of methoxy groups -OCH3 is 1. The zero-order chi connectivity index (χ0) is 19.1. The fraction of sp³-hybridized carbons (Fsp3) is 0.316. The molecule has 4 unspecified atom stereocenters. The molecule has 6 nitrogen and oxygen atoms in total. The number of ether oxygens (including phenoxy) is 2. The average Bonchev–Trinajstić information content (AvgIpc) is 3.17. The summed E-state index contributed by atoms with van der Waals surface area (Å²) < 4.78 is 31.6. The molecule has 2 aromatic rings. The molecule has 0 aromatic heterocycles. The molecule has 0 bridgehead atoms. The number of halogens is 1. The third-order valence-electron chi connectivity index (χ3n) is 5.16. The number of rotatable bonds is 3. The predicted octanol–water partition coefficient (Wildman–Crippen LogP) is 3.95. The minimum Gasteiger partial charge on any atom is -0.465 e. The van der Waals surface area contributed by atoms with Crippen molar-refractivity contribution in [1.29, 1.82) is 0 Å². The summed E-state index contributed by atoms with van der Waals surface area (Å²) in [4.78, 5) is 11.9. The van der Waals surface area contributed by atoms with Gasteiger partial charge < -0.3 is 19.3 Å². The molecule has 0 amide bonds. The lowest BCUT2D eigenvalue weighted by Gasteiger charge is -2.37. The van der Waals surface area contributed by atoms with E-state index in [9.17, 15) is 13.6 Å². The highest BCUT2D eigenvalue weighted by atomic mass is 35.5. The molecule has 1 fully saturated rings. The molecule has 2 N–H and O–H groups in total. The molecule has 2 aromatic carbocycles. The van der Waals surface area contributed by atoms with Crippen LogP contribution in [-0.4, -0.2) is 28.4 Å². The van der Waals surface area contributed by atoms with Crippen LogP contribution in [0.5, 0.6) is 0 Å². The molecule has 2 aliphatic rings. The Bertz CT molecular complexity index is 917. The van der Waals surface area contributed by atoms with E-state index >= 15 is 0 Å². The minimum atomic E-state index is -2.11. The Morgan fingerprint density at radius 3 is 2.74 bits per heavy atom. The Kier molecular flexibility index (Phi) is 4.94. The Morgan fingerprint density at radius 2 is 2.07 bits per heavy atom. The topological polar surface area (TPSA) is 84.9 Å². The average molecular weight is 408 g/mol. The summed E-state index contributed by atoms with van der Waals surface area (Å²) >= 11 is 4.29. The zero-order valence-electron chi connectivity index (χ0n) is 14.5. The fourth-order valence-electron chi connectivity index (χ4n) is 3.88. The van der Waals surface area contributed by atoms with Gasteiger partial charge in [0.2, 0.25) is 0 Å². The standard InChI is InChI=1S/C19H18ClNO5S/c1-25-19(22)11-4-2-10(3-5-11)16-13-6-7-26-18(13)14-8-12(27(23)24)9-15(20)17(14)21-16/h2-5,8-9,13,16,18,21H,6-7H2,1H3,(H,23,24). The van der Waals surface area contributed by atoms with Crippen LogP contribution < -0.4 is 5.32 Å². The third kappa shape index (κ3) is 3.25. The van der Waals surface area contributed by atoms with E-state index in [4.69, 9.17) is 21.1 Å². The smallest absolute Gasteiger partial charge is 0.337 e. The van der Waals surface area contributed by atoms with Gasteiger partial charge >= 0.3 is 5.97 Å². The molecule has 0 radical (unpaired) electrons. The molecular formula is C19H18ClNO5S. The molecule has 4 rings (SSSR count). The SMILES string of the molecule is COC(=O)c1ccc(C2Nc3c(Cl)cc(S(=O)O)cc3C3OCCC23)cc1. The molecule has 2 aliphatic heterocycles. The van der Waals surface area contributed by atoms with Gasteiger partial charge in [0, 0.05) is 18.1 Å². The number of hydrogen-bond donors (Lipinski definition) is 2. The van der Waals surface area contributed by atoms with Gasteiger partial charge in [-0.05, 0) is 36.2 Å². The number of anilines is 1. The first kappa shape index (κ1) is 18.4. The second-order valence-electron chi connectivity index (χ2n) is 6.60. The maximum atomic E-state index is 11.7. The van der Waals surface area contributed by atoms with Crippen molar-refractivity contribution in [3.05, 3.63) is 58.1 Å². The summed E-state index contributed by atoms with van der Waals surface area (Å²) in [6, 6.07) is 10.4. The number of hydrogen-bond acceptors (Lipinski definition) is 5. The van der Waals surface area contributed by atoms with E-state index < -0.39 is 11.1 Å². The fourth-order valence-corrected chi connectivity index (χ4v) is 4.68. The summed E-state index contributed by atoms with van der Waals surface area (Å²) in [7, 11) is 1.35. The quantitative estimate of drug-likeness (QED) is 0.592. The largest absolute Gasteiger partial charge is 0.465 e. The van der Waals surface area contributed by atoms with E-state index in [1.54, 1.807) is 18.2 Å². The van der Waals surface area contributed by atoms with Crippen LogP contribution in [0.25, 0.3) is 0 Å². The van der Waals surface area contributed by atoms with Crippen LogP contribution >= 0.6 is 11.6 Å². The number of nitrogens with one attached hydrogen (secondary N) is 1. The van der Waals surface area contributed by atoms with Crippen LogP contribution in [0, 0.1) is 5.92 Å². The highest BCUT2D eigenvalue weighted by molar-refractivity contribution is 7.79. The summed E-state index contributed by atoms with van der Waals surface area (Å²) in [6.45, 7) is 0.608. The van der Waals surface area contributed by atoms with Gasteiger partial charge in [-0.1, -0.05) is 23.7 Å². The van der Waals surface area contributed by atoms with Crippen molar-refractivity contribution in [3.8, 4) is 0 Å². The van der Waals surface area contributed by atoms with Gasteiger partial charge in [0.25, 0.3) is 0 Å². The van der Waals surface area contributed by atoms with Crippen LogP contribution in [-0.2, 0) is 20.6 Å². The lowest BCUT2D eigenvalue weighted by molar-refractivity contribution is 0.0600. The van der Waals surface area contributed by atoms with Gasteiger partial charge in [0.15, 0.2) is 11.1 Å². The second kappa shape index (κ2) is 7.24. The van der Waals surface area contributed by atoms with E-state index in [-0.39, 0.29) is 28.9 Å². The van der Waals surface area contributed by atoms with Crippen LogP contribution in [0.15, 0.2) is 41.3 Å². The van der Waals surface area contributed by atoms with Crippen LogP contribution in [0.1, 0.15) is 40.1 Å². The number of esters is 1. The maximum Gasteiger partial charge on any atom is 0.337 e. The highest BCUT2D eigenvalue weighted by Crippen LogP contribution is 2.52. The van der Waals surface area contributed by atoms with Crippen LogP contribution in [0.3, 0.4) is 0 Å². The van der Waals surface area contributed by atoms with Gasteiger partial charge in [-0.15, -0.1) is 0 Å². The van der Waals surface area contributed by atoms with Crippen LogP contribution in [0.2, 0.25) is 5.02 Å². The molecule has 142 valence electrons. The van der Waals surface area contributed by atoms with Gasteiger partial charge in [-0.2, -0.15) is 0 Å². The Morgan fingerprint density at radius 1 is 1.33 bits per heavy atom. The van der Waals surface area contributed by atoms with Crippen LogP contribution in [0.4, 0.5) is 5.69 Å². The predicted molar refractivity (Wildman–Crippen MR) is 101 cm³/mol. The monoisotopic (exact) mass is 407 g/mol. The summed E-state index contributed by atoms with van der Waals surface area (Å²) in [5.41, 5.74) is 3.03. The van der Waals surface area contributed by atoms with Crippen molar-refractivity contribution in [3.63, 3.8) is 0 Å². The number of fused-ring (bicyclic) bond motifs is 3. The van der Waals surface area contributed by atoms with Crippen molar-refractivity contribution >= 4 is 34.3 Å². The first-order chi connectivity index (χ1) is 13.0. The molecular weight excluding hydrogens is 390 g/mol. The summed E-state index contributed by atoms with van der Waals surface area (Å²) in [6.07, 6.45) is 0.650. The molecule has 2 heterocycles.